The van der Waals surface area contributed by atoms with Crippen molar-refractivity contribution in [3.05, 3.63) is 35.4 Å². The Bertz CT molecular complexity index is 476. The Hall–Kier alpha value is -1.39. The molecule has 4 heteroatoms. The summed E-state index contributed by atoms with van der Waals surface area (Å²) < 4.78 is 5.96. The molecule has 0 spiro atoms. The number of morpholine rings is 1. The van der Waals surface area contributed by atoms with E-state index in [1.807, 2.05) is 24.1 Å². The lowest BCUT2D eigenvalue weighted by Gasteiger charge is -2.38. The van der Waals surface area contributed by atoms with E-state index >= 15 is 0 Å². The van der Waals surface area contributed by atoms with Crippen LogP contribution in [-0.2, 0) is 9.53 Å². The monoisotopic (exact) mass is 290 g/mol. The zero-order valence-electron chi connectivity index (χ0n) is 13.3. The van der Waals surface area contributed by atoms with Crippen LogP contribution in [0.5, 0.6) is 0 Å². The smallest absolute Gasteiger partial charge is 0.223 e. The predicted octanol–water partition coefficient (Wildman–Crippen LogP) is 2.28. The van der Waals surface area contributed by atoms with Crippen LogP contribution in [0.25, 0.3) is 0 Å². The van der Waals surface area contributed by atoms with Gasteiger partial charge in [-0.1, -0.05) is 24.3 Å². The lowest BCUT2D eigenvalue weighted by atomic mass is 10.0. The van der Waals surface area contributed by atoms with Crippen LogP contribution in [0, 0.1) is 6.92 Å². The second kappa shape index (κ2) is 7.57. The van der Waals surface area contributed by atoms with Crippen molar-refractivity contribution >= 4 is 5.91 Å². The van der Waals surface area contributed by atoms with Crippen LogP contribution in [0.4, 0.5) is 0 Å². The molecular formula is C17H26N2O2. The number of nitrogens with one attached hydrogen (secondary N) is 1. The van der Waals surface area contributed by atoms with Gasteiger partial charge in [0.15, 0.2) is 0 Å². The SMILES string of the molecule is CNCCCC(=O)N1C[C@H](c2ccccc2C)OC[C@@H]1C. The molecule has 1 N–H and O–H groups in total. The van der Waals surface area contributed by atoms with Gasteiger partial charge in [0.05, 0.1) is 19.2 Å². The second-order valence-electron chi connectivity index (χ2n) is 5.78. The van der Waals surface area contributed by atoms with Crippen molar-refractivity contribution < 1.29 is 9.53 Å². The zero-order valence-corrected chi connectivity index (χ0v) is 13.3. The number of rotatable bonds is 5. The van der Waals surface area contributed by atoms with Crippen molar-refractivity contribution in [2.45, 2.75) is 38.8 Å². The maximum atomic E-state index is 12.4. The molecule has 2 rings (SSSR count). The molecule has 0 aromatic heterocycles. The van der Waals surface area contributed by atoms with Crippen LogP contribution in [0.1, 0.15) is 37.0 Å². The van der Waals surface area contributed by atoms with Crippen molar-refractivity contribution in [1.29, 1.82) is 0 Å². The standard InChI is InChI=1S/C17H26N2O2/c1-13-7-4-5-8-15(13)16-11-19(14(2)12-21-16)17(20)9-6-10-18-3/h4-5,7-8,14,16,18H,6,9-12H2,1-3H3/t14-,16+/m0/s1. The number of aryl methyl sites for hydroxylation is 1. The first-order valence-corrected chi connectivity index (χ1v) is 7.74. The lowest BCUT2D eigenvalue weighted by Crippen LogP contribution is -2.48. The van der Waals surface area contributed by atoms with Crippen LogP contribution >= 0.6 is 0 Å². The summed E-state index contributed by atoms with van der Waals surface area (Å²) in [6.07, 6.45) is 1.48. The molecule has 1 amide bonds. The van der Waals surface area contributed by atoms with Crippen LogP contribution in [-0.4, -0.2) is 43.6 Å². The number of hydrogen-bond acceptors (Lipinski definition) is 3. The van der Waals surface area contributed by atoms with Crippen molar-refractivity contribution in [3.8, 4) is 0 Å². The van der Waals surface area contributed by atoms with Gasteiger partial charge in [0.2, 0.25) is 5.91 Å². The molecule has 116 valence electrons. The Labute approximate surface area is 127 Å². The van der Waals surface area contributed by atoms with Crippen LogP contribution in [0.3, 0.4) is 0 Å². The molecule has 0 aliphatic carbocycles. The summed E-state index contributed by atoms with van der Waals surface area (Å²) in [6.45, 7) is 6.30. The van der Waals surface area contributed by atoms with E-state index in [-0.39, 0.29) is 18.1 Å². The lowest BCUT2D eigenvalue weighted by molar-refractivity contribution is -0.144. The maximum Gasteiger partial charge on any atom is 0.223 e. The number of amides is 1. The summed E-state index contributed by atoms with van der Waals surface area (Å²) in [4.78, 5) is 14.4. The third kappa shape index (κ3) is 4.05. The van der Waals surface area contributed by atoms with E-state index in [1.54, 1.807) is 0 Å². The Morgan fingerprint density at radius 1 is 1.43 bits per heavy atom. The second-order valence-corrected chi connectivity index (χ2v) is 5.78. The number of nitrogens with zero attached hydrogens (tertiary/aromatic N) is 1. The Balaban J connectivity index is 2.02. The number of ether oxygens (including phenoxy) is 1. The van der Waals surface area contributed by atoms with E-state index in [0.717, 1.165) is 13.0 Å². The Kier molecular flexibility index (Phi) is 5.76. The quantitative estimate of drug-likeness (QED) is 0.846. The predicted molar refractivity (Wildman–Crippen MR) is 84.2 cm³/mol. The van der Waals surface area contributed by atoms with Crippen molar-refractivity contribution in [1.82, 2.24) is 10.2 Å². The number of benzene rings is 1. The fourth-order valence-corrected chi connectivity index (χ4v) is 2.80. The van der Waals surface area contributed by atoms with Gasteiger partial charge in [-0.2, -0.15) is 0 Å². The van der Waals surface area contributed by atoms with Gasteiger partial charge < -0.3 is 15.0 Å². The highest BCUT2D eigenvalue weighted by Gasteiger charge is 2.30. The molecule has 1 heterocycles. The van der Waals surface area contributed by atoms with E-state index in [0.29, 0.717) is 19.6 Å². The van der Waals surface area contributed by atoms with Gasteiger partial charge in [-0.25, -0.2) is 0 Å². The largest absolute Gasteiger partial charge is 0.370 e. The molecule has 1 fully saturated rings. The van der Waals surface area contributed by atoms with Gasteiger partial charge in [-0.15, -0.1) is 0 Å². The molecule has 1 aliphatic heterocycles. The summed E-state index contributed by atoms with van der Waals surface area (Å²) >= 11 is 0. The van der Waals surface area contributed by atoms with Gasteiger partial charge in [-0.3, -0.25) is 4.79 Å². The van der Waals surface area contributed by atoms with E-state index in [2.05, 4.69) is 31.3 Å². The first-order chi connectivity index (χ1) is 10.1. The number of carbonyl (C=O) groups excluding carboxylic acids is 1. The highest BCUT2D eigenvalue weighted by molar-refractivity contribution is 5.76. The van der Waals surface area contributed by atoms with Crippen LogP contribution in [0.2, 0.25) is 0 Å². The van der Waals surface area contributed by atoms with E-state index in [1.165, 1.54) is 11.1 Å². The molecule has 21 heavy (non-hydrogen) atoms. The molecule has 0 bridgehead atoms. The van der Waals surface area contributed by atoms with E-state index in [4.69, 9.17) is 4.74 Å². The number of carbonyl (C=O) groups is 1. The van der Waals surface area contributed by atoms with Gasteiger partial charge in [-0.05, 0) is 45.0 Å². The van der Waals surface area contributed by atoms with Crippen molar-refractivity contribution in [2.24, 2.45) is 0 Å². The third-order valence-corrected chi connectivity index (χ3v) is 4.11. The van der Waals surface area contributed by atoms with Crippen molar-refractivity contribution in [3.63, 3.8) is 0 Å². The summed E-state index contributed by atoms with van der Waals surface area (Å²) in [7, 11) is 1.91. The molecule has 4 nitrogen and oxygen atoms in total. The minimum absolute atomic E-state index is 0.00403. The van der Waals surface area contributed by atoms with Gasteiger partial charge in [0, 0.05) is 6.42 Å². The first-order valence-electron chi connectivity index (χ1n) is 7.74. The molecule has 0 saturated carbocycles. The van der Waals surface area contributed by atoms with Crippen LogP contribution < -0.4 is 5.32 Å². The normalized spacial score (nSPS) is 22.3. The fourth-order valence-electron chi connectivity index (χ4n) is 2.80. The van der Waals surface area contributed by atoms with Crippen LogP contribution in [0.15, 0.2) is 24.3 Å². The summed E-state index contributed by atoms with van der Waals surface area (Å²) in [6, 6.07) is 8.41. The van der Waals surface area contributed by atoms with E-state index < -0.39 is 0 Å². The molecule has 1 aromatic rings. The summed E-state index contributed by atoms with van der Waals surface area (Å²) in [5.74, 6) is 0.236. The zero-order chi connectivity index (χ0) is 15.2. The topological polar surface area (TPSA) is 41.6 Å². The van der Waals surface area contributed by atoms with Crippen molar-refractivity contribution in [2.75, 3.05) is 26.7 Å². The fraction of sp³-hybridized carbons (Fsp3) is 0.588. The molecule has 1 aliphatic rings. The minimum Gasteiger partial charge on any atom is -0.370 e. The van der Waals surface area contributed by atoms with Gasteiger partial charge >= 0.3 is 0 Å². The average molecular weight is 290 g/mol. The summed E-state index contributed by atoms with van der Waals surface area (Å²) in [5.41, 5.74) is 2.41. The van der Waals surface area contributed by atoms with E-state index in [9.17, 15) is 4.79 Å². The third-order valence-electron chi connectivity index (χ3n) is 4.11. The molecule has 0 unspecified atom stereocenters. The molecule has 1 aromatic carbocycles. The molecular weight excluding hydrogens is 264 g/mol. The highest BCUT2D eigenvalue weighted by Crippen LogP contribution is 2.27. The van der Waals surface area contributed by atoms with Gasteiger partial charge in [0.25, 0.3) is 0 Å². The highest BCUT2D eigenvalue weighted by atomic mass is 16.5. The average Bonchev–Trinajstić information content (AvgIpc) is 2.48. The Morgan fingerprint density at radius 2 is 2.19 bits per heavy atom. The number of hydrogen-bond donors (Lipinski definition) is 1. The van der Waals surface area contributed by atoms with Gasteiger partial charge in [0.1, 0.15) is 6.10 Å². The Morgan fingerprint density at radius 3 is 2.90 bits per heavy atom. The molecule has 2 atom stereocenters. The first kappa shape index (κ1) is 16.0. The molecule has 1 saturated heterocycles. The minimum atomic E-state index is -0.00403. The maximum absolute atomic E-state index is 12.4. The summed E-state index contributed by atoms with van der Waals surface area (Å²) in [5, 5.41) is 3.08. The molecule has 0 radical (unpaired) electrons.